The van der Waals surface area contributed by atoms with Crippen LogP contribution in [0.5, 0.6) is 0 Å². The number of rotatable bonds is 6. The van der Waals surface area contributed by atoms with Crippen LogP contribution in [0.3, 0.4) is 0 Å². The molecule has 0 N–H and O–H groups in total. The molecule has 126 valence electrons. The molecule has 0 spiro atoms. The first-order valence-corrected chi connectivity index (χ1v) is 9.38. The Morgan fingerprint density at radius 2 is 1.72 bits per heavy atom. The summed E-state index contributed by atoms with van der Waals surface area (Å²) in [5, 5.41) is 5.12. The van der Waals surface area contributed by atoms with Gasteiger partial charge >= 0.3 is 0 Å². The predicted molar refractivity (Wildman–Crippen MR) is 99.4 cm³/mol. The van der Waals surface area contributed by atoms with Crippen molar-refractivity contribution in [1.82, 2.24) is 14.8 Å². The Hall–Kier alpha value is -2.40. The van der Waals surface area contributed by atoms with Crippen LogP contribution in [-0.4, -0.2) is 25.8 Å². The second-order valence-corrected chi connectivity index (χ2v) is 7.57. The zero-order chi connectivity index (χ0) is 17.2. The summed E-state index contributed by atoms with van der Waals surface area (Å²) in [4.78, 5) is 17.3. The maximum Gasteiger partial charge on any atom is 0.209 e. The molecule has 1 aliphatic carbocycles. The van der Waals surface area contributed by atoms with Gasteiger partial charge in [-0.3, -0.25) is 4.79 Å². The fourth-order valence-electron chi connectivity index (χ4n) is 2.77. The molecule has 0 unspecified atom stereocenters. The molecule has 3 aromatic rings. The molecule has 1 saturated carbocycles. The third-order valence-electron chi connectivity index (χ3n) is 4.27. The molecular weight excluding hydrogens is 330 g/mol. The van der Waals surface area contributed by atoms with Gasteiger partial charge in [-0.05, 0) is 31.9 Å². The van der Waals surface area contributed by atoms with Crippen LogP contribution in [0, 0.1) is 0 Å². The average molecular weight is 349 g/mol. The first kappa shape index (κ1) is 16.1. The molecule has 5 heteroatoms. The van der Waals surface area contributed by atoms with Crippen LogP contribution >= 0.6 is 11.8 Å². The predicted octanol–water partition coefficient (Wildman–Crippen LogP) is 4.51. The van der Waals surface area contributed by atoms with Crippen LogP contribution < -0.4 is 0 Å². The van der Waals surface area contributed by atoms with Gasteiger partial charge in [-0.1, -0.05) is 60.3 Å². The van der Waals surface area contributed by atoms with Crippen molar-refractivity contribution < 1.29 is 4.79 Å². The fourth-order valence-corrected chi connectivity index (χ4v) is 3.60. The van der Waals surface area contributed by atoms with E-state index in [2.05, 4.69) is 5.10 Å². The number of Topliss-reactive ketones (excluding diaryl/α,β-unsaturated/α-hetero) is 1. The zero-order valence-corrected chi connectivity index (χ0v) is 14.8. The number of benzene rings is 2. The van der Waals surface area contributed by atoms with Gasteiger partial charge in [-0.25, -0.2) is 9.67 Å². The van der Waals surface area contributed by atoms with E-state index in [1.807, 2.05) is 72.3 Å². The number of ketones is 1. The molecule has 1 fully saturated rings. The van der Waals surface area contributed by atoms with Crippen LogP contribution in [0.4, 0.5) is 0 Å². The highest BCUT2D eigenvalue weighted by molar-refractivity contribution is 8.00. The van der Waals surface area contributed by atoms with Crippen molar-refractivity contribution in [2.75, 3.05) is 0 Å². The second kappa shape index (κ2) is 6.84. The molecule has 1 atom stereocenters. The Morgan fingerprint density at radius 1 is 1.08 bits per heavy atom. The molecule has 0 amide bonds. The SMILES string of the molecule is C[C@H](Sc1nc(C2CC2)n(-c2ccccc2)n1)C(=O)c1ccccc1. The van der Waals surface area contributed by atoms with Crippen molar-refractivity contribution in [3.63, 3.8) is 0 Å². The Bertz CT molecular complexity index is 872. The van der Waals surface area contributed by atoms with Gasteiger partial charge in [0, 0.05) is 11.5 Å². The first-order chi connectivity index (χ1) is 12.2. The van der Waals surface area contributed by atoms with Gasteiger partial charge in [-0.2, -0.15) is 0 Å². The molecule has 0 saturated heterocycles. The molecular formula is C20H19N3OS. The third-order valence-corrected chi connectivity index (χ3v) is 5.22. The van der Waals surface area contributed by atoms with Crippen molar-refractivity contribution in [3.8, 4) is 5.69 Å². The lowest BCUT2D eigenvalue weighted by Gasteiger charge is -2.07. The first-order valence-electron chi connectivity index (χ1n) is 8.50. The maximum absolute atomic E-state index is 12.6. The van der Waals surface area contributed by atoms with Crippen molar-refractivity contribution in [3.05, 3.63) is 72.1 Å². The minimum Gasteiger partial charge on any atom is -0.293 e. The number of carbonyl (C=O) groups excluding carboxylic acids is 1. The molecule has 2 aromatic carbocycles. The molecule has 4 nitrogen and oxygen atoms in total. The van der Waals surface area contributed by atoms with Crippen LogP contribution in [-0.2, 0) is 0 Å². The van der Waals surface area contributed by atoms with E-state index < -0.39 is 0 Å². The van der Waals surface area contributed by atoms with Gasteiger partial charge < -0.3 is 0 Å². The Morgan fingerprint density at radius 3 is 2.36 bits per heavy atom. The summed E-state index contributed by atoms with van der Waals surface area (Å²) in [7, 11) is 0. The van der Waals surface area contributed by atoms with E-state index in [1.54, 1.807) is 0 Å². The van der Waals surface area contributed by atoms with Gasteiger partial charge in [0.2, 0.25) is 5.16 Å². The van der Waals surface area contributed by atoms with Crippen LogP contribution in [0.1, 0.15) is 41.9 Å². The number of thioether (sulfide) groups is 1. The van der Waals surface area contributed by atoms with E-state index in [1.165, 1.54) is 11.8 Å². The minimum absolute atomic E-state index is 0.106. The summed E-state index contributed by atoms with van der Waals surface area (Å²) in [5.74, 6) is 1.60. The number of hydrogen-bond donors (Lipinski definition) is 0. The van der Waals surface area contributed by atoms with Crippen LogP contribution in [0.2, 0.25) is 0 Å². The van der Waals surface area contributed by atoms with Gasteiger partial charge in [0.1, 0.15) is 5.82 Å². The summed E-state index contributed by atoms with van der Waals surface area (Å²) in [5.41, 5.74) is 1.75. The Balaban J connectivity index is 1.58. The number of carbonyl (C=O) groups is 1. The monoisotopic (exact) mass is 349 g/mol. The zero-order valence-electron chi connectivity index (χ0n) is 14.0. The quantitative estimate of drug-likeness (QED) is 0.485. The summed E-state index contributed by atoms with van der Waals surface area (Å²) < 4.78 is 1.93. The van der Waals surface area contributed by atoms with Gasteiger partial charge in [0.25, 0.3) is 0 Å². The van der Waals surface area contributed by atoms with E-state index in [-0.39, 0.29) is 11.0 Å². The van der Waals surface area contributed by atoms with E-state index >= 15 is 0 Å². The molecule has 1 aromatic heterocycles. The Labute approximate surface area is 151 Å². The number of para-hydroxylation sites is 1. The van der Waals surface area contributed by atoms with E-state index in [0.717, 1.165) is 29.9 Å². The highest BCUT2D eigenvalue weighted by Gasteiger charge is 2.31. The van der Waals surface area contributed by atoms with Gasteiger partial charge in [-0.15, -0.1) is 5.10 Å². The molecule has 0 aliphatic heterocycles. The number of nitrogens with zero attached hydrogens (tertiary/aromatic N) is 3. The minimum atomic E-state index is -0.221. The molecule has 0 bridgehead atoms. The normalized spacial score (nSPS) is 15.1. The van der Waals surface area contributed by atoms with Gasteiger partial charge in [0.15, 0.2) is 5.78 Å². The standard InChI is InChI=1S/C20H19N3OS/c1-14(18(24)15-8-4-2-5-9-15)25-20-21-19(16-12-13-16)23(22-20)17-10-6-3-7-11-17/h2-11,14,16H,12-13H2,1H3/t14-/m0/s1. The molecule has 0 radical (unpaired) electrons. The van der Waals surface area contributed by atoms with E-state index in [9.17, 15) is 4.79 Å². The van der Waals surface area contributed by atoms with Crippen LogP contribution in [0.15, 0.2) is 65.8 Å². The largest absolute Gasteiger partial charge is 0.293 e. The average Bonchev–Trinajstić information content (AvgIpc) is 3.43. The maximum atomic E-state index is 12.6. The topological polar surface area (TPSA) is 47.8 Å². The van der Waals surface area contributed by atoms with E-state index in [4.69, 9.17) is 4.98 Å². The van der Waals surface area contributed by atoms with Gasteiger partial charge in [0.05, 0.1) is 10.9 Å². The lowest BCUT2D eigenvalue weighted by atomic mass is 10.1. The summed E-state index contributed by atoms with van der Waals surface area (Å²) >= 11 is 1.43. The highest BCUT2D eigenvalue weighted by atomic mass is 32.2. The second-order valence-electron chi connectivity index (χ2n) is 6.26. The lowest BCUT2D eigenvalue weighted by molar-refractivity contribution is 0.0994. The fraction of sp³-hybridized carbons (Fsp3) is 0.250. The number of hydrogen-bond acceptors (Lipinski definition) is 4. The molecule has 1 aliphatic rings. The van der Waals surface area contributed by atoms with Crippen molar-refractivity contribution in [2.45, 2.75) is 36.1 Å². The lowest BCUT2D eigenvalue weighted by Crippen LogP contribution is -2.13. The summed E-state index contributed by atoms with van der Waals surface area (Å²) in [6.07, 6.45) is 2.32. The summed E-state index contributed by atoms with van der Waals surface area (Å²) in [6.45, 7) is 1.92. The summed E-state index contributed by atoms with van der Waals surface area (Å²) in [6, 6.07) is 19.5. The van der Waals surface area contributed by atoms with Crippen molar-refractivity contribution in [1.29, 1.82) is 0 Å². The van der Waals surface area contributed by atoms with E-state index in [0.29, 0.717) is 11.1 Å². The smallest absolute Gasteiger partial charge is 0.209 e. The van der Waals surface area contributed by atoms with Crippen molar-refractivity contribution >= 4 is 17.5 Å². The third kappa shape index (κ3) is 3.51. The molecule has 4 rings (SSSR count). The highest BCUT2D eigenvalue weighted by Crippen LogP contribution is 2.40. The molecule has 1 heterocycles. The molecule has 25 heavy (non-hydrogen) atoms. The van der Waals surface area contributed by atoms with Crippen molar-refractivity contribution in [2.24, 2.45) is 0 Å². The number of aromatic nitrogens is 3. The van der Waals surface area contributed by atoms with Crippen LogP contribution in [0.25, 0.3) is 5.69 Å². The Kier molecular flexibility index (Phi) is 4.40.